The number of hydrogen-bond acceptors (Lipinski definition) is 6. The van der Waals surface area contributed by atoms with Crippen LogP contribution in [0.3, 0.4) is 0 Å². The summed E-state index contributed by atoms with van der Waals surface area (Å²) in [6.45, 7) is 2.72. The first-order valence-corrected chi connectivity index (χ1v) is 13.0. The summed E-state index contributed by atoms with van der Waals surface area (Å²) in [5.41, 5.74) is 3.60. The van der Waals surface area contributed by atoms with Gasteiger partial charge in [-0.05, 0) is 67.9 Å². The Labute approximate surface area is 210 Å². The van der Waals surface area contributed by atoms with Crippen LogP contribution in [-0.4, -0.2) is 32.1 Å². The van der Waals surface area contributed by atoms with Crippen LogP contribution in [0.1, 0.15) is 57.7 Å². The minimum Gasteiger partial charge on any atom is -0.497 e. The van der Waals surface area contributed by atoms with E-state index in [1.807, 2.05) is 54.6 Å². The van der Waals surface area contributed by atoms with Crippen LogP contribution in [0.5, 0.6) is 5.75 Å². The summed E-state index contributed by atoms with van der Waals surface area (Å²) in [7, 11) is 1.65. The maximum atomic E-state index is 13.5. The third kappa shape index (κ3) is 6.10. The van der Waals surface area contributed by atoms with Crippen LogP contribution in [-0.2, 0) is 28.8 Å². The van der Waals surface area contributed by atoms with Gasteiger partial charge in [0.05, 0.1) is 19.3 Å². The van der Waals surface area contributed by atoms with E-state index in [-0.39, 0.29) is 11.9 Å². The number of nitrogens with one attached hydrogen (secondary N) is 2. The first kappa shape index (κ1) is 24.9. The number of anilines is 1. The number of thiophene rings is 1. The molecule has 0 aliphatic heterocycles. The molecule has 1 atom stereocenters. The molecule has 1 aliphatic carbocycles. The highest BCUT2D eigenvalue weighted by molar-refractivity contribution is 7.17. The van der Waals surface area contributed by atoms with Gasteiger partial charge in [0, 0.05) is 11.4 Å². The highest BCUT2D eigenvalue weighted by Gasteiger charge is 2.29. The number of ether oxygens (including phenoxy) is 2. The quantitative estimate of drug-likeness (QED) is 0.375. The summed E-state index contributed by atoms with van der Waals surface area (Å²) in [5.74, 6) is 0.278. The summed E-state index contributed by atoms with van der Waals surface area (Å²) < 4.78 is 10.6. The monoisotopic (exact) mass is 492 g/mol. The van der Waals surface area contributed by atoms with Crippen molar-refractivity contribution >= 4 is 28.2 Å². The molecule has 0 spiro atoms. The lowest BCUT2D eigenvalue weighted by Crippen LogP contribution is -2.34. The summed E-state index contributed by atoms with van der Waals surface area (Å²) in [5, 5.41) is 7.08. The van der Waals surface area contributed by atoms with Gasteiger partial charge in [0.2, 0.25) is 5.91 Å². The number of benzene rings is 2. The standard InChI is InChI=1S/C28H32N2O4S/c1-3-34-28(32)24-22-11-7-8-12-23(22)35-27(24)30-26(31)25(20-9-5-4-6-10-20)29-18-17-19-13-15-21(33-2)16-14-19/h4-6,9-10,13-16,25,29H,3,7-8,11-12,17-18H2,1-2H3,(H,30,31). The van der Waals surface area contributed by atoms with Crippen molar-refractivity contribution in [3.05, 3.63) is 81.7 Å². The molecule has 6 nitrogen and oxygen atoms in total. The molecule has 0 bridgehead atoms. The fourth-order valence-corrected chi connectivity index (χ4v) is 5.70. The number of carbonyl (C=O) groups excluding carboxylic acids is 2. The Bertz CT molecular complexity index is 1140. The van der Waals surface area contributed by atoms with Crippen molar-refractivity contribution in [3.63, 3.8) is 0 Å². The summed E-state index contributed by atoms with van der Waals surface area (Å²) in [4.78, 5) is 27.5. The van der Waals surface area contributed by atoms with Crippen LogP contribution >= 0.6 is 11.3 Å². The van der Waals surface area contributed by atoms with Gasteiger partial charge < -0.3 is 20.1 Å². The van der Waals surface area contributed by atoms with Gasteiger partial charge in [-0.2, -0.15) is 0 Å². The third-order valence-corrected chi connectivity index (χ3v) is 7.41. The molecule has 35 heavy (non-hydrogen) atoms. The molecule has 1 aromatic heterocycles. The van der Waals surface area contributed by atoms with Crippen molar-refractivity contribution in [2.45, 2.75) is 45.1 Å². The molecule has 1 aliphatic rings. The molecule has 7 heteroatoms. The second kappa shape index (κ2) is 12.0. The zero-order chi connectivity index (χ0) is 24.6. The molecule has 2 N–H and O–H groups in total. The minimum atomic E-state index is -0.552. The third-order valence-electron chi connectivity index (χ3n) is 6.20. The summed E-state index contributed by atoms with van der Waals surface area (Å²) in [6, 6.07) is 17.0. The van der Waals surface area contributed by atoms with Crippen LogP contribution < -0.4 is 15.4 Å². The molecule has 2 aromatic carbocycles. The average molecular weight is 493 g/mol. The first-order chi connectivity index (χ1) is 17.1. The van der Waals surface area contributed by atoms with Gasteiger partial charge in [0.1, 0.15) is 16.8 Å². The molecule has 1 unspecified atom stereocenters. The number of fused-ring (bicyclic) bond motifs is 1. The van der Waals surface area contributed by atoms with E-state index in [0.29, 0.717) is 23.7 Å². The Morgan fingerprint density at radius 1 is 1.03 bits per heavy atom. The Morgan fingerprint density at radius 3 is 2.49 bits per heavy atom. The molecule has 1 amide bonds. The SMILES string of the molecule is CCOC(=O)c1c(NC(=O)C(NCCc2ccc(OC)cc2)c2ccccc2)sc2c1CCCC2. The number of esters is 1. The van der Waals surface area contributed by atoms with Crippen LogP contribution in [0.15, 0.2) is 54.6 Å². The van der Waals surface area contributed by atoms with Crippen molar-refractivity contribution in [2.24, 2.45) is 0 Å². The summed E-state index contributed by atoms with van der Waals surface area (Å²) >= 11 is 1.51. The summed E-state index contributed by atoms with van der Waals surface area (Å²) in [6.07, 6.45) is 4.69. The molecule has 4 rings (SSSR count). The van der Waals surface area contributed by atoms with Gasteiger partial charge in [-0.25, -0.2) is 4.79 Å². The molecule has 3 aromatic rings. The minimum absolute atomic E-state index is 0.185. The van der Waals surface area contributed by atoms with Crippen LogP contribution in [0.4, 0.5) is 5.00 Å². The lowest BCUT2D eigenvalue weighted by molar-refractivity contribution is -0.118. The van der Waals surface area contributed by atoms with Gasteiger partial charge >= 0.3 is 5.97 Å². The van der Waals surface area contributed by atoms with Gasteiger partial charge in [0.25, 0.3) is 0 Å². The smallest absolute Gasteiger partial charge is 0.341 e. The van der Waals surface area contributed by atoms with Crippen molar-refractivity contribution in [2.75, 3.05) is 25.6 Å². The molecule has 0 saturated heterocycles. The van der Waals surface area contributed by atoms with Crippen LogP contribution in [0.25, 0.3) is 0 Å². The number of methoxy groups -OCH3 is 1. The second-order valence-electron chi connectivity index (χ2n) is 8.52. The number of rotatable bonds is 10. The first-order valence-electron chi connectivity index (χ1n) is 12.1. The maximum Gasteiger partial charge on any atom is 0.341 e. The molecule has 0 saturated carbocycles. The molecule has 184 valence electrons. The van der Waals surface area contributed by atoms with Crippen molar-refractivity contribution in [1.82, 2.24) is 5.32 Å². The zero-order valence-corrected chi connectivity index (χ0v) is 21.1. The van der Waals surface area contributed by atoms with Gasteiger partial charge in [-0.1, -0.05) is 42.5 Å². The fourth-order valence-electron chi connectivity index (χ4n) is 4.42. The Morgan fingerprint density at radius 2 is 1.77 bits per heavy atom. The van der Waals surface area contributed by atoms with E-state index in [4.69, 9.17) is 9.47 Å². The van der Waals surface area contributed by atoms with E-state index >= 15 is 0 Å². The number of aryl methyl sites for hydroxylation is 1. The largest absolute Gasteiger partial charge is 0.497 e. The van der Waals surface area contributed by atoms with E-state index in [1.54, 1.807) is 14.0 Å². The van der Waals surface area contributed by atoms with E-state index in [1.165, 1.54) is 16.2 Å². The van der Waals surface area contributed by atoms with Crippen molar-refractivity contribution in [3.8, 4) is 5.75 Å². The highest BCUT2D eigenvalue weighted by Crippen LogP contribution is 2.39. The van der Waals surface area contributed by atoms with Gasteiger partial charge in [-0.15, -0.1) is 11.3 Å². The predicted octanol–water partition coefficient (Wildman–Crippen LogP) is 5.32. The molecule has 0 fully saturated rings. The lowest BCUT2D eigenvalue weighted by Gasteiger charge is -2.19. The Balaban J connectivity index is 1.52. The van der Waals surface area contributed by atoms with Crippen LogP contribution in [0, 0.1) is 0 Å². The highest BCUT2D eigenvalue weighted by atomic mass is 32.1. The predicted molar refractivity (Wildman–Crippen MR) is 139 cm³/mol. The van der Waals surface area contributed by atoms with E-state index in [0.717, 1.165) is 54.5 Å². The normalized spacial score (nSPS) is 13.5. The lowest BCUT2D eigenvalue weighted by atomic mass is 9.95. The fraction of sp³-hybridized carbons (Fsp3) is 0.357. The number of carbonyl (C=O) groups is 2. The Hall–Kier alpha value is -3.16. The second-order valence-corrected chi connectivity index (χ2v) is 9.63. The van der Waals surface area contributed by atoms with E-state index in [9.17, 15) is 9.59 Å². The average Bonchev–Trinajstić information content (AvgIpc) is 3.25. The molecular weight excluding hydrogens is 460 g/mol. The Kier molecular flexibility index (Phi) is 8.55. The van der Waals surface area contributed by atoms with Crippen molar-refractivity contribution < 1.29 is 19.1 Å². The van der Waals surface area contributed by atoms with Gasteiger partial charge in [-0.3, -0.25) is 4.79 Å². The van der Waals surface area contributed by atoms with E-state index in [2.05, 4.69) is 10.6 Å². The maximum absolute atomic E-state index is 13.5. The topological polar surface area (TPSA) is 76.7 Å². The molecule has 0 radical (unpaired) electrons. The van der Waals surface area contributed by atoms with Crippen LogP contribution in [0.2, 0.25) is 0 Å². The number of amides is 1. The molecule has 1 heterocycles. The number of hydrogen-bond donors (Lipinski definition) is 2. The van der Waals surface area contributed by atoms with Gasteiger partial charge in [0.15, 0.2) is 0 Å². The van der Waals surface area contributed by atoms with Crippen molar-refractivity contribution in [1.29, 1.82) is 0 Å². The zero-order valence-electron chi connectivity index (χ0n) is 20.3. The molecular formula is C28H32N2O4S. The van der Waals surface area contributed by atoms with E-state index < -0.39 is 6.04 Å².